The van der Waals surface area contributed by atoms with Crippen LogP contribution in [-0.2, 0) is 0 Å². The number of para-hydroxylation sites is 2. The first-order valence-electron chi connectivity index (χ1n) is 8.73. The fourth-order valence-electron chi connectivity index (χ4n) is 3.91. The van der Waals surface area contributed by atoms with E-state index in [0.29, 0.717) is 12.5 Å². The van der Waals surface area contributed by atoms with Gasteiger partial charge in [-0.1, -0.05) is 12.1 Å². The van der Waals surface area contributed by atoms with Crippen molar-refractivity contribution in [2.75, 3.05) is 34.4 Å². The summed E-state index contributed by atoms with van der Waals surface area (Å²) in [5.41, 5.74) is -0.589. The SMILES string of the molecule is CN1CCC2CCC(O)(CCO)CC21.COc1ccccc1OC. The average Bonchev–Trinajstić information content (AvgIpc) is 2.95. The number of benzene rings is 1. The van der Waals surface area contributed by atoms with E-state index in [1.807, 2.05) is 24.3 Å². The lowest BCUT2D eigenvalue weighted by Gasteiger charge is -2.40. The van der Waals surface area contributed by atoms with E-state index in [1.54, 1.807) is 14.2 Å². The second kappa shape index (κ2) is 8.70. The monoisotopic (exact) mass is 337 g/mol. The minimum Gasteiger partial charge on any atom is -0.493 e. The summed E-state index contributed by atoms with van der Waals surface area (Å²) in [5, 5.41) is 19.2. The van der Waals surface area contributed by atoms with Crippen LogP contribution in [0.3, 0.4) is 0 Å². The van der Waals surface area contributed by atoms with Crippen LogP contribution in [0.25, 0.3) is 0 Å². The summed E-state index contributed by atoms with van der Waals surface area (Å²) in [6.07, 6.45) is 4.70. The Morgan fingerprint density at radius 1 is 1.17 bits per heavy atom. The molecule has 1 heterocycles. The maximum atomic E-state index is 10.2. The standard InChI is InChI=1S/C11H21NO2.C8H10O2/c1-12-6-3-9-2-4-11(14,5-7-13)8-10(9)12;1-9-7-5-3-4-6-8(7)10-2/h9-10,13-14H,2-8H2,1H3;3-6H,1-2H3. The van der Waals surface area contributed by atoms with Gasteiger partial charge in [-0.05, 0) is 63.7 Å². The Balaban J connectivity index is 0.000000185. The molecule has 1 aromatic carbocycles. The van der Waals surface area contributed by atoms with Crippen LogP contribution < -0.4 is 9.47 Å². The van der Waals surface area contributed by atoms with Gasteiger partial charge in [-0.15, -0.1) is 0 Å². The van der Waals surface area contributed by atoms with E-state index in [-0.39, 0.29) is 6.61 Å². The second-order valence-corrected chi connectivity index (χ2v) is 6.89. The lowest BCUT2D eigenvalue weighted by atomic mass is 9.74. The van der Waals surface area contributed by atoms with E-state index < -0.39 is 5.60 Å². The van der Waals surface area contributed by atoms with Gasteiger partial charge in [0.05, 0.1) is 19.8 Å². The molecule has 1 saturated heterocycles. The number of hydrogen-bond acceptors (Lipinski definition) is 5. The van der Waals surface area contributed by atoms with Crippen LogP contribution in [0.15, 0.2) is 24.3 Å². The Morgan fingerprint density at radius 3 is 2.33 bits per heavy atom. The molecule has 0 radical (unpaired) electrons. The predicted octanol–water partition coefficient (Wildman–Crippen LogP) is 2.31. The number of hydrogen-bond donors (Lipinski definition) is 2. The predicted molar refractivity (Wildman–Crippen MR) is 94.6 cm³/mol. The summed E-state index contributed by atoms with van der Waals surface area (Å²) in [4.78, 5) is 2.37. The van der Waals surface area contributed by atoms with Crippen LogP contribution in [-0.4, -0.2) is 61.2 Å². The van der Waals surface area contributed by atoms with Crippen LogP contribution in [0.1, 0.15) is 32.1 Å². The summed E-state index contributed by atoms with van der Waals surface area (Å²) in [5.74, 6) is 2.33. The van der Waals surface area contributed by atoms with Crippen molar-refractivity contribution in [2.24, 2.45) is 5.92 Å². The third kappa shape index (κ3) is 4.62. The zero-order valence-electron chi connectivity index (χ0n) is 15.1. The number of methoxy groups -OCH3 is 2. The summed E-state index contributed by atoms with van der Waals surface area (Å²) >= 11 is 0. The third-order valence-electron chi connectivity index (χ3n) is 5.40. The summed E-state index contributed by atoms with van der Waals surface area (Å²) < 4.78 is 10.0. The fourth-order valence-corrected chi connectivity index (χ4v) is 3.91. The van der Waals surface area contributed by atoms with Gasteiger partial charge in [0.15, 0.2) is 11.5 Å². The fraction of sp³-hybridized carbons (Fsp3) is 0.684. The highest BCUT2D eigenvalue weighted by molar-refractivity contribution is 5.39. The largest absolute Gasteiger partial charge is 0.493 e. The van der Waals surface area contributed by atoms with Gasteiger partial charge >= 0.3 is 0 Å². The van der Waals surface area contributed by atoms with Crippen molar-refractivity contribution in [1.29, 1.82) is 0 Å². The third-order valence-corrected chi connectivity index (χ3v) is 5.40. The van der Waals surface area contributed by atoms with Crippen molar-refractivity contribution in [1.82, 2.24) is 4.90 Å². The molecule has 0 spiro atoms. The molecule has 2 fully saturated rings. The van der Waals surface area contributed by atoms with Crippen LogP contribution in [0.2, 0.25) is 0 Å². The van der Waals surface area contributed by atoms with E-state index in [1.165, 1.54) is 13.0 Å². The quantitative estimate of drug-likeness (QED) is 0.883. The maximum Gasteiger partial charge on any atom is 0.160 e. The topological polar surface area (TPSA) is 62.2 Å². The lowest BCUT2D eigenvalue weighted by Crippen LogP contribution is -2.45. The molecular weight excluding hydrogens is 306 g/mol. The molecular formula is C19H31NO4. The molecule has 5 heteroatoms. The minimum absolute atomic E-state index is 0.109. The number of rotatable bonds is 4. The van der Waals surface area contributed by atoms with Crippen molar-refractivity contribution in [2.45, 2.75) is 43.7 Å². The molecule has 2 N–H and O–H groups in total. The summed E-state index contributed by atoms with van der Waals surface area (Å²) in [6.45, 7) is 1.28. The molecule has 136 valence electrons. The number of likely N-dealkylation sites (tertiary alicyclic amines) is 1. The molecule has 0 bridgehead atoms. The first-order chi connectivity index (χ1) is 11.5. The van der Waals surface area contributed by atoms with Crippen molar-refractivity contribution in [3.05, 3.63) is 24.3 Å². The molecule has 5 nitrogen and oxygen atoms in total. The number of aliphatic hydroxyl groups excluding tert-OH is 1. The van der Waals surface area contributed by atoms with Crippen molar-refractivity contribution in [3.8, 4) is 11.5 Å². The van der Waals surface area contributed by atoms with E-state index in [9.17, 15) is 5.11 Å². The Hall–Kier alpha value is -1.30. The maximum absolute atomic E-state index is 10.2. The highest BCUT2D eigenvalue weighted by Crippen LogP contribution is 2.41. The number of aliphatic hydroxyl groups is 2. The van der Waals surface area contributed by atoms with Crippen molar-refractivity contribution >= 4 is 0 Å². The molecule has 1 aliphatic heterocycles. The number of ether oxygens (including phenoxy) is 2. The molecule has 0 aromatic heterocycles. The summed E-state index contributed by atoms with van der Waals surface area (Å²) in [7, 11) is 5.39. The molecule has 3 rings (SSSR count). The van der Waals surface area contributed by atoms with E-state index in [2.05, 4.69) is 11.9 Å². The average molecular weight is 337 g/mol. The zero-order chi connectivity index (χ0) is 17.6. The van der Waals surface area contributed by atoms with E-state index >= 15 is 0 Å². The Bertz CT molecular complexity index is 487. The first kappa shape index (κ1) is 19.0. The normalized spacial score (nSPS) is 29.4. The van der Waals surface area contributed by atoms with Gasteiger partial charge in [-0.25, -0.2) is 0 Å². The first-order valence-corrected chi connectivity index (χ1v) is 8.73. The molecule has 1 saturated carbocycles. The molecule has 0 amide bonds. The van der Waals surface area contributed by atoms with Crippen LogP contribution in [0, 0.1) is 5.92 Å². The van der Waals surface area contributed by atoms with Gasteiger partial charge in [0.25, 0.3) is 0 Å². The van der Waals surface area contributed by atoms with Crippen molar-refractivity contribution in [3.63, 3.8) is 0 Å². The van der Waals surface area contributed by atoms with Crippen LogP contribution in [0.5, 0.6) is 11.5 Å². The van der Waals surface area contributed by atoms with Crippen molar-refractivity contribution < 1.29 is 19.7 Å². The van der Waals surface area contributed by atoms with Gasteiger partial charge in [0, 0.05) is 12.6 Å². The Morgan fingerprint density at radius 2 is 1.79 bits per heavy atom. The molecule has 1 aliphatic carbocycles. The molecule has 24 heavy (non-hydrogen) atoms. The lowest BCUT2D eigenvalue weighted by molar-refractivity contribution is -0.0459. The van der Waals surface area contributed by atoms with Gasteiger partial charge < -0.3 is 24.6 Å². The Labute approximate surface area is 145 Å². The van der Waals surface area contributed by atoms with Crippen LogP contribution in [0.4, 0.5) is 0 Å². The molecule has 3 unspecified atom stereocenters. The van der Waals surface area contributed by atoms with Gasteiger partial charge in [-0.2, -0.15) is 0 Å². The molecule has 2 aliphatic rings. The zero-order valence-corrected chi connectivity index (χ0v) is 15.1. The smallest absolute Gasteiger partial charge is 0.160 e. The summed E-state index contributed by atoms with van der Waals surface area (Å²) in [6, 6.07) is 8.08. The highest BCUT2D eigenvalue weighted by Gasteiger charge is 2.43. The highest BCUT2D eigenvalue weighted by atomic mass is 16.5. The molecule has 3 atom stereocenters. The second-order valence-electron chi connectivity index (χ2n) is 6.89. The van der Waals surface area contributed by atoms with Crippen LogP contribution >= 0.6 is 0 Å². The number of nitrogens with zero attached hydrogens (tertiary/aromatic N) is 1. The minimum atomic E-state index is -0.589. The van der Waals surface area contributed by atoms with Gasteiger partial charge in [0.1, 0.15) is 0 Å². The molecule has 1 aromatic rings. The van der Waals surface area contributed by atoms with Gasteiger partial charge in [-0.3, -0.25) is 0 Å². The van der Waals surface area contributed by atoms with E-state index in [0.717, 1.165) is 36.7 Å². The number of fused-ring (bicyclic) bond motifs is 1. The van der Waals surface area contributed by atoms with E-state index in [4.69, 9.17) is 14.6 Å². The Kier molecular flexibility index (Phi) is 6.90. The van der Waals surface area contributed by atoms with Gasteiger partial charge in [0.2, 0.25) is 0 Å².